The van der Waals surface area contributed by atoms with Crippen molar-refractivity contribution in [2.75, 3.05) is 38.7 Å². The zero-order valence-electron chi connectivity index (χ0n) is 16.9. The molecule has 1 atom stereocenters. The Balaban J connectivity index is 1.82. The van der Waals surface area contributed by atoms with Gasteiger partial charge >= 0.3 is 0 Å². The molecule has 2 aliphatic rings. The van der Waals surface area contributed by atoms with E-state index < -0.39 is 0 Å². The predicted molar refractivity (Wildman–Crippen MR) is 111 cm³/mol. The van der Waals surface area contributed by atoms with Crippen LogP contribution in [0.3, 0.4) is 0 Å². The van der Waals surface area contributed by atoms with Gasteiger partial charge in [0.15, 0.2) is 0 Å². The summed E-state index contributed by atoms with van der Waals surface area (Å²) in [4.78, 5) is 30.4. The molecule has 2 amide bonds. The fourth-order valence-corrected chi connectivity index (χ4v) is 3.64. The van der Waals surface area contributed by atoms with Crippen molar-refractivity contribution in [2.24, 2.45) is 0 Å². The number of hydrogen-bond donors (Lipinski definition) is 2. The smallest absolute Gasteiger partial charge is 0.256 e. The first-order valence-corrected chi connectivity index (χ1v) is 9.76. The van der Waals surface area contributed by atoms with Crippen molar-refractivity contribution < 1.29 is 19.1 Å². The standard InChI is InChI=1S/C22H25N3O4/c1-13-10-18-20(23-13)12-17-16-11-15(4-5-19(16)24-21(17)26)14(2)29-9-8-28-7-6-25(3)22(18)27/h4-5,10-12,14,23H,6-9H2,1-3H3,(H,24,26)/b17-12-/t14-/m0/s1. The van der Waals surface area contributed by atoms with E-state index in [0.29, 0.717) is 43.2 Å². The number of hydrogen-bond acceptors (Lipinski definition) is 4. The number of amides is 2. The Bertz CT molecular complexity index is 992. The van der Waals surface area contributed by atoms with Crippen LogP contribution in [0, 0.1) is 6.92 Å². The van der Waals surface area contributed by atoms with Crippen molar-refractivity contribution in [1.29, 1.82) is 0 Å². The van der Waals surface area contributed by atoms with Gasteiger partial charge in [0.05, 0.1) is 42.8 Å². The number of fused-ring (bicyclic) bond motifs is 2. The third-order valence-electron chi connectivity index (χ3n) is 5.31. The van der Waals surface area contributed by atoms with Crippen LogP contribution in [-0.2, 0) is 14.3 Å². The molecular weight excluding hydrogens is 370 g/mol. The lowest BCUT2D eigenvalue weighted by Crippen LogP contribution is -2.30. The van der Waals surface area contributed by atoms with E-state index in [4.69, 9.17) is 9.47 Å². The maximum absolute atomic E-state index is 12.9. The zero-order valence-corrected chi connectivity index (χ0v) is 16.9. The molecule has 2 bridgehead atoms. The molecule has 1 aromatic heterocycles. The van der Waals surface area contributed by atoms with Crippen LogP contribution < -0.4 is 5.32 Å². The SMILES string of the molecule is Cc1cc2c([nH]1)/C=C1\C(=O)Nc3ccc(cc31)[C@H](C)OCCOCCN(C)C2=O. The van der Waals surface area contributed by atoms with Crippen LogP contribution in [0.1, 0.15) is 45.9 Å². The molecule has 152 valence electrons. The van der Waals surface area contributed by atoms with Crippen LogP contribution in [0.15, 0.2) is 24.3 Å². The van der Waals surface area contributed by atoms with Gasteiger partial charge in [0.1, 0.15) is 0 Å². The van der Waals surface area contributed by atoms with Crippen LogP contribution in [0.25, 0.3) is 11.6 Å². The first-order chi connectivity index (χ1) is 13.9. The molecule has 0 spiro atoms. The lowest BCUT2D eigenvalue weighted by atomic mass is 10.00. The van der Waals surface area contributed by atoms with Crippen molar-refractivity contribution in [3.8, 4) is 0 Å². The number of aromatic nitrogens is 1. The number of ether oxygens (including phenoxy) is 2. The number of benzene rings is 1. The van der Waals surface area contributed by atoms with Crippen molar-refractivity contribution in [3.63, 3.8) is 0 Å². The van der Waals surface area contributed by atoms with Crippen molar-refractivity contribution in [2.45, 2.75) is 20.0 Å². The van der Waals surface area contributed by atoms with E-state index in [1.165, 1.54) is 0 Å². The van der Waals surface area contributed by atoms with E-state index in [0.717, 1.165) is 22.5 Å². The van der Waals surface area contributed by atoms with E-state index in [1.807, 2.05) is 38.1 Å². The van der Waals surface area contributed by atoms with Crippen LogP contribution >= 0.6 is 0 Å². The van der Waals surface area contributed by atoms with Gasteiger partial charge in [0, 0.05) is 30.5 Å². The van der Waals surface area contributed by atoms with Gasteiger partial charge in [0.25, 0.3) is 11.8 Å². The molecule has 0 radical (unpaired) electrons. The van der Waals surface area contributed by atoms with E-state index >= 15 is 0 Å². The third-order valence-corrected chi connectivity index (χ3v) is 5.31. The summed E-state index contributed by atoms with van der Waals surface area (Å²) in [6.45, 7) is 5.69. The summed E-state index contributed by atoms with van der Waals surface area (Å²) >= 11 is 0. The highest BCUT2D eigenvalue weighted by atomic mass is 16.5. The molecule has 4 rings (SSSR count). The van der Waals surface area contributed by atoms with Gasteiger partial charge in [-0.05, 0) is 43.7 Å². The summed E-state index contributed by atoms with van der Waals surface area (Å²) in [5.74, 6) is -0.298. The van der Waals surface area contributed by atoms with Gasteiger partial charge in [-0.1, -0.05) is 6.07 Å². The van der Waals surface area contributed by atoms with Gasteiger partial charge in [-0.25, -0.2) is 0 Å². The van der Waals surface area contributed by atoms with Gasteiger partial charge in [-0.2, -0.15) is 0 Å². The van der Waals surface area contributed by atoms with Crippen molar-refractivity contribution in [1.82, 2.24) is 9.88 Å². The number of H-pyrrole nitrogens is 1. The maximum Gasteiger partial charge on any atom is 0.256 e. The van der Waals surface area contributed by atoms with Gasteiger partial charge in [-0.3, -0.25) is 9.59 Å². The van der Waals surface area contributed by atoms with Crippen LogP contribution in [0.5, 0.6) is 0 Å². The summed E-state index contributed by atoms with van der Waals surface area (Å²) in [6.07, 6.45) is 1.63. The minimum Gasteiger partial charge on any atom is -0.377 e. The molecule has 0 saturated heterocycles. The van der Waals surface area contributed by atoms with Crippen LogP contribution in [0.2, 0.25) is 0 Å². The monoisotopic (exact) mass is 395 g/mol. The Morgan fingerprint density at radius 2 is 1.93 bits per heavy atom. The first kappa shape index (κ1) is 19.4. The second kappa shape index (κ2) is 7.85. The van der Waals surface area contributed by atoms with E-state index in [1.54, 1.807) is 18.0 Å². The molecule has 2 aliphatic heterocycles. The Morgan fingerprint density at radius 3 is 2.76 bits per heavy atom. The molecular formula is C22H25N3O4. The minimum atomic E-state index is -0.181. The molecule has 0 fully saturated rings. The van der Waals surface area contributed by atoms with Crippen LogP contribution in [-0.4, -0.2) is 55.1 Å². The number of nitrogens with one attached hydrogen (secondary N) is 2. The van der Waals surface area contributed by atoms with E-state index in [-0.39, 0.29) is 17.9 Å². The number of rotatable bonds is 0. The first-order valence-electron chi connectivity index (χ1n) is 9.76. The van der Waals surface area contributed by atoms with E-state index in [2.05, 4.69) is 10.3 Å². The number of likely N-dealkylation sites (N-methyl/N-ethyl adjacent to an activating group) is 1. The molecule has 2 N–H and O–H groups in total. The summed E-state index contributed by atoms with van der Waals surface area (Å²) < 4.78 is 11.5. The summed E-state index contributed by atoms with van der Waals surface area (Å²) in [7, 11) is 1.75. The number of carbonyl (C=O) groups excluding carboxylic acids is 2. The molecule has 7 nitrogen and oxygen atoms in total. The fourth-order valence-electron chi connectivity index (χ4n) is 3.64. The fraction of sp³-hybridized carbons (Fsp3) is 0.364. The summed E-state index contributed by atoms with van der Waals surface area (Å²) in [5, 5.41) is 2.90. The number of carbonyl (C=O) groups is 2. The molecule has 1 aromatic carbocycles. The number of aromatic amines is 1. The quantitative estimate of drug-likeness (QED) is 0.718. The Hall–Kier alpha value is -2.90. The molecule has 2 aromatic rings. The Labute approximate surface area is 169 Å². The predicted octanol–water partition coefficient (Wildman–Crippen LogP) is 3.00. The molecule has 0 aliphatic carbocycles. The largest absolute Gasteiger partial charge is 0.377 e. The highest BCUT2D eigenvalue weighted by Gasteiger charge is 2.27. The highest BCUT2D eigenvalue weighted by molar-refractivity contribution is 6.35. The lowest BCUT2D eigenvalue weighted by Gasteiger charge is -2.18. The van der Waals surface area contributed by atoms with Gasteiger partial charge in [-0.15, -0.1) is 0 Å². The second-order valence-corrected chi connectivity index (χ2v) is 7.45. The minimum absolute atomic E-state index is 0.117. The third kappa shape index (κ3) is 3.83. The second-order valence-electron chi connectivity index (χ2n) is 7.45. The summed E-state index contributed by atoms with van der Waals surface area (Å²) in [6, 6.07) is 7.64. The zero-order chi connectivity index (χ0) is 20.5. The molecule has 0 saturated carbocycles. The topological polar surface area (TPSA) is 83.7 Å². The highest BCUT2D eigenvalue weighted by Crippen LogP contribution is 2.36. The average molecular weight is 395 g/mol. The normalized spacial score (nSPS) is 22.1. The Morgan fingerprint density at radius 1 is 1.10 bits per heavy atom. The average Bonchev–Trinajstić information content (AvgIpc) is 3.22. The number of aryl methyl sites for hydroxylation is 1. The van der Waals surface area contributed by atoms with Crippen molar-refractivity contribution in [3.05, 3.63) is 52.3 Å². The van der Waals surface area contributed by atoms with Crippen molar-refractivity contribution >= 4 is 29.2 Å². The van der Waals surface area contributed by atoms with Gasteiger partial charge < -0.3 is 24.7 Å². The molecule has 7 heteroatoms. The van der Waals surface area contributed by atoms with Crippen LogP contribution in [0.4, 0.5) is 5.69 Å². The maximum atomic E-state index is 12.9. The lowest BCUT2D eigenvalue weighted by molar-refractivity contribution is -0.110. The number of anilines is 1. The number of nitrogens with zero attached hydrogens (tertiary/aromatic N) is 1. The Kier molecular flexibility index (Phi) is 5.25. The molecule has 29 heavy (non-hydrogen) atoms. The molecule has 0 unspecified atom stereocenters. The van der Waals surface area contributed by atoms with Gasteiger partial charge in [0.2, 0.25) is 0 Å². The molecule has 3 heterocycles. The van der Waals surface area contributed by atoms with E-state index in [9.17, 15) is 9.59 Å². The summed E-state index contributed by atoms with van der Waals surface area (Å²) in [5.41, 5.74) is 5.11.